The molecule has 1 aliphatic heterocycles. The molecule has 4 saturated carbocycles. The van der Waals surface area contributed by atoms with Crippen molar-refractivity contribution in [1.29, 1.82) is 0 Å². The highest BCUT2D eigenvalue weighted by molar-refractivity contribution is 6.62. The van der Waals surface area contributed by atoms with E-state index in [-0.39, 0.29) is 11.2 Å². The minimum absolute atomic E-state index is 0.386. The first-order valence-corrected chi connectivity index (χ1v) is 19.5. The fourth-order valence-electron chi connectivity index (χ4n) is 10.2. The first-order valence-electron chi connectivity index (χ1n) is 19.5. The van der Waals surface area contributed by atoms with E-state index >= 15 is 0 Å². The van der Waals surface area contributed by atoms with Gasteiger partial charge in [0, 0.05) is 16.7 Å². The second-order valence-electron chi connectivity index (χ2n) is 17.4. The van der Waals surface area contributed by atoms with Gasteiger partial charge in [-0.3, -0.25) is 0 Å². The van der Waals surface area contributed by atoms with Crippen LogP contribution in [0.5, 0.6) is 0 Å². The summed E-state index contributed by atoms with van der Waals surface area (Å²) in [5, 5.41) is 2.21. The van der Waals surface area contributed by atoms with Gasteiger partial charge in [-0.2, -0.15) is 0 Å². The number of aromatic nitrogens is 3. The quantitative estimate of drug-likeness (QED) is 0.162. The van der Waals surface area contributed by atoms with Gasteiger partial charge >= 0.3 is 7.12 Å². The van der Waals surface area contributed by atoms with Gasteiger partial charge in [-0.25, -0.2) is 15.0 Å². The van der Waals surface area contributed by atoms with Crippen LogP contribution in [0.3, 0.4) is 0 Å². The third kappa shape index (κ3) is 5.82. The maximum atomic E-state index is 6.33. The van der Waals surface area contributed by atoms with Crippen LogP contribution in [0.25, 0.3) is 56.1 Å². The van der Waals surface area contributed by atoms with E-state index in [9.17, 15) is 0 Å². The molecule has 53 heavy (non-hydrogen) atoms. The fraction of sp³-hybridized carbons (Fsp3) is 0.340. The number of rotatable bonds is 6. The van der Waals surface area contributed by atoms with Crippen molar-refractivity contribution in [2.45, 2.75) is 82.8 Å². The molecule has 1 aromatic heterocycles. The molecule has 264 valence electrons. The van der Waals surface area contributed by atoms with Crippen LogP contribution in [-0.2, 0) is 14.7 Å². The predicted octanol–water partition coefficient (Wildman–Crippen LogP) is 10.5. The third-order valence-corrected chi connectivity index (χ3v) is 13.3. The zero-order valence-corrected chi connectivity index (χ0v) is 31.2. The van der Waals surface area contributed by atoms with Crippen molar-refractivity contribution in [2.75, 3.05) is 0 Å². The predicted molar refractivity (Wildman–Crippen MR) is 215 cm³/mol. The molecule has 0 spiro atoms. The van der Waals surface area contributed by atoms with E-state index in [0.29, 0.717) is 22.9 Å². The molecule has 4 aliphatic carbocycles. The maximum Gasteiger partial charge on any atom is 0.494 e. The topological polar surface area (TPSA) is 57.1 Å². The van der Waals surface area contributed by atoms with Crippen LogP contribution in [0.15, 0.2) is 115 Å². The highest BCUT2D eigenvalue weighted by Gasteiger charge is 2.52. The standard InChI is InChI=1S/C47H46BN3O2/c1-45(2)46(3,4)53-48(52-45)41-21-18-37-25-39(15-14-38(37)26-41)44-50-42(35-8-6-5-7-9-35)49-43(51-44)36-12-10-33(11-13-36)34-16-19-40(20-17-34)47-27-30-22-31(28-47)24-32(23-30)29-47/h5-21,25-26,30-32H,22-24,27-29H2,1-4H3. The lowest BCUT2D eigenvalue weighted by Crippen LogP contribution is -2.48. The Balaban J connectivity index is 0.947. The van der Waals surface area contributed by atoms with Crippen LogP contribution >= 0.6 is 0 Å². The van der Waals surface area contributed by atoms with Crippen molar-refractivity contribution in [2.24, 2.45) is 17.8 Å². The molecule has 6 heteroatoms. The van der Waals surface area contributed by atoms with Crippen LogP contribution in [0, 0.1) is 17.8 Å². The molecule has 0 N–H and O–H groups in total. The van der Waals surface area contributed by atoms with E-state index < -0.39 is 7.12 Å². The Morgan fingerprint density at radius 3 is 1.53 bits per heavy atom. The molecule has 1 saturated heterocycles. The zero-order valence-electron chi connectivity index (χ0n) is 31.2. The molecule has 5 nitrogen and oxygen atoms in total. The summed E-state index contributed by atoms with van der Waals surface area (Å²) in [6, 6.07) is 41.2. The second-order valence-corrected chi connectivity index (χ2v) is 17.4. The Bertz CT molecular complexity index is 2280. The molecule has 5 aromatic carbocycles. The van der Waals surface area contributed by atoms with Gasteiger partial charge in [-0.1, -0.05) is 109 Å². The molecule has 0 radical (unpaired) electrons. The van der Waals surface area contributed by atoms with Crippen LogP contribution in [0.2, 0.25) is 0 Å². The van der Waals surface area contributed by atoms with E-state index in [0.717, 1.165) is 50.7 Å². The van der Waals surface area contributed by atoms with Crippen molar-refractivity contribution in [3.63, 3.8) is 0 Å². The van der Waals surface area contributed by atoms with Crippen LogP contribution in [-0.4, -0.2) is 33.3 Å². The van der Waals surface area contributed by atoms with Gasteiger partial charge < -0.3 is 9.31 Å². The van der Waals surface area contributed by atoms with Gasteiger partial charge in [0.05, 0.1) is 11.2 Å². The number of hydrogen-bond donors (Lipinski definition) is 0. The number of nitrogens with zero attached hydrogens (tertiary/aromatic N) is 3. The molecule has 11 rings (SSSR count). The highest BCUT2D eigenvalue weighted by Crippen LogP contribution is 2.60. The zero-order chi connectivity index (χ0) is 36.0. The molecule has 2 heterocycles. The largest absolute Gasteiger partial charge is 0.494 e. The summed E-state index contributed by atoms with van der Waals surface area (Å²) >= 11 is 0. The van der Waals surface area contributed by atoms with Crippen molar-refractivity contribution in [3.05, 3.63) is 121 Å². The summed E-state index contributed by atoms with van der Waals surface area (Å²) in [6.07, 6.45) is 8.63. The molecule has 5 fully saturated rings. The Morgan fingerprint density at radius 2 is 0.943 bits per heavy atom. The normalized spacial score (nSPS) is 25.3. The lowest BCUT2D eigenvalue weighted by Gasteiger charge is -2.57. The third-order valence-electron chi connectivity index (χ3n) is 13.3. The van der Waals surface area contributed by atoms with Crippen LogP contribution in [0.1, 0.15) is 71.8 Å². The first kappa shape index (κ1) is 33.0. The molecule has 0 amide bonds. The van der Waals surface area contributed by atoms with Gasteiger partial charge in [0.25, 0.3) is 0 Å². The maximum absolute atomic E-state index is 6.33. The number of hydrogen-bond acceptors (Lipinski definition) is 5. The van der Waals surface area contributed by atoms with E-state index in [1.165, 1.54) is 49.7 Å². The minimum Gasteiger partial charge on any atom is -0.399 e. The fourth-order valence-corrected chi connectivity index (χ4v) is 10.2. The lowest BCUT2D eigenvalue weighted by molar-refractivity contribution is -0.00518. The van der Waals surface area contributed by atoms with Gasteiger partial charge in [-0.15, -0.1) is 0 Å². The molecular formula is C47H46BN3O2. The SMILES string of the molecule is CC1(C)OB(c2ccc3cc(-c4nc(-c5ccccc5)nc(-c5ccc(-c6ccc(C78CC9CC(CC(C9)C7)C8)cc6)cc5)n4)ccc3c2)OC1(C)C. The summed E-state index contributed by atoms with van der Waals surface area (Å²) in [7, 11) is -0.402. The summed E-state index contributed by atoms with van der Waals surface area (Å²) in [5.74, 6) is 4.83. The Kier molecular flexibility index (Phi) is 7.58. The number of benzene rings is 5. The van der Waals surface area contributed by atoms with Gasteiger partial charge in [0.2, 0.25) is 0 Å². The molecule has 4 bridgehead atoms. The van der Waals surface area contributed by atoms with Gasteiger partial charge in [0.15, 0.2) is 17.5 Å². The first-order chi connectivity index (χ1) is 25.6. The monoisotopic (exact) mass is 695 g/mol. The summed E-state index contributed by atoms with van der Waals surface area (Å²) in [5.41, 5.74) is 7.56. The Morgan fingerprint density at radius 1 is 0.491 bits per heavy atom. The minimum atomic E-state index is -0.402. The number of fused-ring (bicyclic) bond motifs is 1. The smallest absolute Gasteiger partial charge is 0.399 e. The molecule has 5 aliphatic rings. The highest BCUT2D eigenvalue weighted by atomic mass is 16.7. The summed E-state index contributed by atoms with van der Waals surface area (Å²) < 4.78 is 12.7. The Hall–Kier alpha value is -4.65. The van der Waals surface area contributed by atoms with Crippen LogP contribution in [0.4, 0.5) is 0 Å². The van der Waals surface area contributed by atoms with E-state index in [1.807, 2.05) is 18.2 Å². The molecule has 0 atom stereocenters. The average Bonchev–Trinajstić information content (AvgIpc) is 3.40. The van der Waals surface area contributed by atoms with Crippen molar-refractivity contribution in [3.8, 4) is 45.3 Å². The van der Waals surface area contributed by atoms with Gasteiger partial charge in [0.1, 0.15) is 0 Å². The summed E-state index contributed by atoms with van der Waals surface area (Å²) in [4.78, 5) is 15.1. The average molecular weight is 696 g/mol. The second kappa shape index (κ2) is 12.2. The van der Waals surface area contributed by atoms with E-state index in [4.69, 9.17) is 24.3 Å². The molecular weight excluding hydrogens is 649 g/mol. The lowest BCUT2D eigenvalue weighted by atomic mass is 9.48. The van der Waals surface area contributed by atoms with Crippen molar-refractivity contribution >= 4 is 23.4 Å². The molecule has 0 unspecified atom stereocenters. The Labute approximate surface area is 313 Å². The van der Waals surface area contributed by atoms with Crippen LogP contribution < -0.4 is 5.46 Å². The molecule has 6 aromatic rings. The van der Waals surface area contributed by atoms with Gasteiger partial charge in [-0.05, 0) is 128 Å². The van der Waals surface area contributed by atoms with Crippen molar-refractivity contribution in [1.82, 2.24) is 15.0 Å². The van der Waals surface area contributed by atoms with E-state index in [1.54, 1.807) is 5.56 Å². The summed E-state index contributed by atoms with van der Waals surface area (Å²) in [6.45, 7) is 8.34. The van der Waals surface area contributed by atoms with E-state index in [2.05, 4.69) is 125 Å². The van der Waals surface area contributed by atoms with Crippen molar-refractivity contribution < 1.29 is 9.31 Å².